The topological polar surface area (TPSA) is 72.9 Å². The van der Waals surface area contributed by atoms with Gasteiger partial charge in [-0.1, -0.05) is 25.1 Å². The number of hydrogen-bond acceptors (Lipinski definition) is 3. The molecule has 0 spiro atoms. The zero-order valence-electron chi connectivity index (χ0n) is 18.4. The van der Waals surface area contributed by atoms with E-state index in [1.807, 2.05) is 10.6 Å². The van der Waals surface area contributed by atoms with E-state index in [2.05, 4.69) is 48.7 Å². The molecule has 1 aliphatic rings. The normalized spacial score (nSPS) is 13.6. The Kier molecular flexibility index (Phi) is 6.24. The largest absolute Gasteiger partial charge is 0.480 e. The van der Waals surface area contributed by atoms with Crippen molar-refractivity contribution in [1.29, 1.82) is 0 Å². The summed E-state index contributed by atoms with van der Waals surface area (Å²) in [5.74, 6) is 1.60. The minimum Gasteiger partial charge on any atom is -0.480 e. The van der Waals surface area contributed by atoms with Gasteiger partial charge in [0.2, 0.25) is 0 Å². The van der Waals surface area contributed by atoms with E-state index in [4.69, 9.17) is 9.97 Å². The fourth-order valence-electron chi connectivity index (χ4n) is 4.36. The number of carboxylic acids is 1. The molecule has 1 saturated carbocycles. The number of aliphatic carboxylic acids is 1. The van der Waals surface area contributed by atoms with Crippen LogP contribution in [0.15, 0.2) is 36.4 Å². The van der Waals surface area contributed by atoms with E-state index in [1.165, 1.54) is 5.56 Å². The molecule has 0 aliphatic heterocycles. The zero-order chi connectivity index (χ0) is 20.8. The van der Waals surface area contributed by atoms with Crippen molar-refractivity contribution in [2.45, 2.75) is 58.5 Å². The second-order valence-electron chi connectivity index (χ2n) is 8.35. The van der Waals surface area contributed by atoms with Gasteiger partial charge < -0.3 is 14.2 Å². The maximum absolute atomic E-state index is 11.4. The molecule has 5 rings (SSSR count). The molecule has 1 aliphatic carbocycles. The Morgan fingerprint density at radius 2 is 1.94 bits per heavy atom. The second-order valence-corrected chi connectivity index (χ2v) is 8.35. The first-order valence-corrected chi connectivity index (χ1v) is 10.7. The van der Waals surface area contributed by atoms with E-state index in [1.54, 1.807) is 0 Å². The summed E-state index contributed by atoms with van der Waals surface area (Å²) in [4.78, 5) is 21.1. The third kappa shape index (κ3) is 4.16. The summed E-state index contributed by atoms with van der Waals surface area (Å²) < 4.78 is 4.18. The summed E-state index contributed by atoms with van der Waals surface area (Å²) in [6.45, 7) is 4.98. The van der Waals surface area contributed by atoms with Crippen molar-refractivity contribution >= 4 is 57.6 Å². The summed E-state index contributed by atoms with van der Waals surface area (Å²) in [6.07, 6.45) is 4.17. The number of carbonyl (C=O) groups is 1. The van der Waals surface area contributed by atoms with Crippen LogP contribution in [0, 0.1) is 6.92 Å². The molecule has 1 fully saturated rings. The number of rotatable bonds is 7. The summed E-state index contributed by atoms with van der Waals surface area (Å²) in [6, 6.07) is 12.6. The van der Waals surface area contributed by atoms with Gasteiger partial charge in [-0.3, -0.25) is 4.79 Å². The van der Waals surface area contributed by atoms with Gasteiger partial charge in [0.25, 0.3) is 0 Å². The Labute approximate surface area is 203 Å². The average Bonchev–Trinajstić information content (AvgIpc) is 3.42. The number of fused-ring (bicyclic) bond motifs is 2. The summed E-state index contributed by atoms with van der Waals surface area (Å²) in [5.41, 5.74) is 6.37. The number of hydrogen-bond donors (Lipinski definition) is 1. The maximum atomic E-state index is 11.4. The van der Waals surface area contributed by atoms with Crippen molar-refractivity contribution in [3.63, 3.8) is 0 Å². The molecule has 2 aromatic carbocycles. The molecule has 2 aromatic heterocycles. The van der Waals surface area contributed by atoms with Gasteiger partial charge in [0.1, 0.15) is 18.2 Å². The van der Waals surface area contributed by atoms with Gasteiger partial charge in [-0.25, -0.2) is 9.97 Å². The Balaban J connectivity index is 0.00000231. The van der Waals surface area contributed by atoms with Crippen LogP contribution in [-0.4, -0.2) is 59.7 Å². The number of para-hydroxylation sites is 1. The first kappa shape index (κ1) is 22.1. The van der Waals surface area contributed by atoms with Crippen LogP contribution >= 0.6 is 0 Å². The molecule has 0 saturated heterocycles. The molecule has 6 nitrogen and oxygen atoms in total. The summed E-state index contributed by atoms with van der Waals surface area (Å²) >= 11 is 0. The van der Waals surface area contributed by atoms with Gasteiger partial charge in [0.15, 0.2) is 0 Å². The predicted octanol–water partition coefficient (Wildman–Crippen LogP) is 4.28. The molecule has 31 heavy (non-hydrogen) atoms. The minimum atomic E-state index is -0.829. The first-order valence-electron chi connectivity index (χ1n) is 10.7. The molecule has 4 aromatic rings. The number of carboxylic acid groups (broad SMARTS) is 1. The van der Waals surface area contributed by atoms with Crippen LogP contribution in [-0.2, 0) is 24.3 Å². The predicted molar refractivity (Wildman–Crippen MR) is 123 cm³/mol. The van der Waals surface area contributed by atoms with E-state index in [-0.39, 0.29) is 36.1 Å². The molecule has 155 valence electrons. The van der Waals surface area contributed by atoms with Crippen molar-refractivity contribution in [3.05, 3.63) is 59.2 Å². The number of imidazole rings is 2. The van der Waals surface area contributed by atoms with Crippen molar-refractivity contribution in [2.75, 3.05) is 0 Å². The SMILES string of the molecule is CCCc1nc2c(C)cccc2n1Cc1ccc2c(c1)nc(C1CC1)n2CC(=O)O.[Na]. The van der Waals surface area contributed by atoms with Crippen molar-refractivity contribution in [1.82, 2.24) is 19.1 Å². The molecule has 0 bridgehead atoms. The second kappa shape index (κ2) is 8.77. The molecule has 0 unspecified atom stereocenters. The third-order valence-electron chi connectivity index (χ3n) is 5.95. The standard InChI is InChI=1S/C24H26N4O2.Na/c1-3-5-21-26-23-15(2)6-4-7-20(23)27(21)13-16-8-11-19-18(12-16)25-24(17-9-10-17)28(19)14-22(29)30;/h4,6-8,11-12,17H,3,5,9-10,13-14H2,1-2H3,(H,29,30);. The van der Waals surface area contributed by atoms with Crippen LogP contribution in [0.5, 0.6) is 0 Å². The molecule has 7 heteroatoms. The average molecular weight is 425 g/mol. The fraction of sp³-hybridized carbons (Fsp3) is 0.375. The van der Waals surface area contributed by atoms with Crippen molar-refractivity contribution in [3.8, 4) is 0 Å². The van der Waals surface area contributed by atoms with Gasteiger partial charge in [-0.05, 0) is 55.5 Å². The van der Waals surface area contributed by atoms with Gasteiger partial charge in [-0.2, -0.15) is 0 Å². The molecule has 1 N–H and O–H groups in total. The number of benzene rings is 2. The molecular formula is C24H26N4NaO2. The first-order chi connectivity index (χ1) is 14.5. The molecular weight excluding hydrogens is 399 g/mol. The summed E-state index contributed by atoms with van der Waals surface area (Å²) in [5, 5.41) is 9.34. The van der Waals surface area contributed by atoms with E-state index < -0.39 is 5.97 Å². The Morgan fingerprint density at radius 3 is 2.65 bits per heavy atom. The monoisotopic (exact) mass is 425 g/mol. The molecule has 0 amide bonds. The third-order valence-corrected chi connectivity index (χ3v) is 5.95. The summed E-state index contributed by atoms with van der Waals surface area (Å²) in [7, 11) is 0. The van der Waals surface area contributed by atoms with Crippen LogP contribution < -0.4 is 0 Å². The Morgan fingerprint density at radius 1 is 1.13 bits per heavy atom. The van der Waals surface area contributed by atoms with Crippen molar-refractivity contribution in [2.24, 2.45) is 0 Å². The van der Waals surface area contributed by atoms with E-state index in [9.17, 15) is 9.90 Å². The number of nitrogens with zero attached hydrogens (tertiary/aromatic N) is 4. The van der Waals surface area contributed by atoms with Gasteiger partial charge in [0, 0.05) is 48.4 Å². The molecule has 0 atom stereocenters. The molecule has 1 radical (unpaired) electrons. The van der Waals surface area contributed by atoms with Crippen LogP contribution in [0.4, 0.5) is 0 Å². The zero-order valence-corrected chi connectivity index (χ0v) is 20.4. The van der Waals surface area contributed by atoms with Crippen LogP contribution in [0.3, 0.4) is 0 Å². The van der Waals surface area contributed by atoms with E-state index >= 15 is 0 Å². The quantitative estimate of drug-likeness (QED) is 0.449. The number of aromatic nitrogens is 4. The van der Waals surface area contributed by atoms with Gasteiger partial charge in [0.05, 0.1) is 22.1 Å². The molecule has 2 heterocycles. The Hall–Kier alpha value is -2.15. The van der Waals surface area contributed by atoms with Crippen molar-refractivity contribution < 1.29 is 9.90 Å². The maximum Gasteiger partial charge on any atom is 0.323 e. The van der Waals surface area contributed by atoms with Gasteiger partial charge in [-0.15, -0.1) is 0 Å². The minimum absolute atomic E-state index is 0. The van der Waals surface area contributed by atoms with E-state index in [0.29, 0.717) is 5.92 Å². The Bertz CT molecular complexity index is 1270. The van der Waals surface area contributed by atoms with Gasteiger partial charge >= 0.3 is 5.97 Å². The number of aryl methyl sites for hydroxylation is 2. The fourth-order valence-corrected chi connectivity index (χ4v) is 4.36. The smallest absolute Gasteiger partial charge is 0.323 e. The van der Waals surface area contributed by atoms with Crippen LogP contribution in [0.2, 0.25) is 0 Å². The van der Waals surface area contributed by atoms with Crippen LogP contribution in [0.25, 0.3) is 22.1 Å². The van der Waals surface area contributed by atoms with Crippen LogP contribution in [0.1, 0.15) is 54.9 Å². The van der Waals surface area contributed by atoms with E-state index in [0.717, 1.165) is 71.5 Å².